The Hall–Kier alpha value is -2.84. The van der Waals surface area contributed by atoms with Crippen LogP contribution in [-0.4, -0.2) is 37.8 Å². The van der Waals surface area contributed by atoms with Crippen LogP contribution in [-0.2, 0) is 47.6 Å². The smallest absolute Gasteiger partial charge is 0.314 e. The third-order valence-corrected chi connectivity index (χ3v) is 6.48. The first-order valence-corrected chi connectivity index (χ1v) is 12.9. The summed E-state index contributed by atoms with van der Waals surface area (Å²) in [5.41, 5.74) is 2.96. The summed E-state index contributed by atoms with van der Waals surface area (Å²) in [7, 11) is 0. The Bertz CT molecular complexity index is 1090. The van der Waals surface area contributed by atoms with Crippen molar-refractivity contribution in [1.82, 2.24) is 0 Å². The lowest BCUT2D eigenvalue weighted by molar-refractivity contribution is -0.377. The van der Waals surface area contributed by atoms with E-state index in [1.54, 1.807) is 0 Å². The van der Waals surface area contributed by atoms with Crippen LogP contribution in [0.25, 0.3) is 0 Å². The molecule has 0 radical (unpaired) electrons. The molecule has 3 aromatic rings. The highest BCUT2D eigenvalue weighted by molar-refractivity contribution is 5.20. The van der Waals surface area contributed by atoms with Crippen molar-refractivity contribution in [3.8, 4) is 0 Å². The number of hydrogen-bond acceptors (Lipinski definition) is 6. The first kappa shape index (κ1) is 25.8. The average molecular weight is 503 g/mol. The van der Waals surface area contributed by atoms with Gasteiger partial charge in [0.05, 0.1) is 26.4 Å². The molecule has 0 bridgehead atoms. The first-order valence-electron chi connectivity index (χ1n) is 12.9. The van der Waals surface area contributed by atoms with Gasteiger partial charge in [0.25, 0.3) is 0 Å². The van der Waals surface area contributed by atoms with Crippen molar-refractivity contribution in [3.05, 3.63) is 120 Å². The molecule has 5 rings (SSSR count). The van der Waals surface area contributed by atoms with Gasteiger partial charge in [-0.05, 0) is 24.0 Å². The number of hydrogen-bond donors (Lipinski definition) is 0. The zero-order valence-electron chi connectivity index (χ0n) is 20.9. The van der Waals surface area contributed by atoms with Gasteiger partial charge in [-0.25, -0.2) is 0 Å². The van der Waals surface area contributed by atoms with Crippen molar-refractivity contribution < 1.29 is 28.4 Å². The molecule has 0 amide bonds. The molecule has 5 atom stereocenters. The summed E-state index contributed by atoms with van der Waals surface area (Å²) in [6, 6.07) is 29.8. The molecule has 0 N–H and O–H groups in total. The SMILES string of the molecule is C=CCCCOC1(c2ccccc2)O[C@@H]2O[C@H](COCc3ccccc3)[C@@H](OCc3ccccc3)[C@@H]2O1. The number of allylic oxidation sites excluding steroid dienone is 1. The van der Waals surface area contributed by atoms with Gasteiger partial charge in [-0.15, -0.1) is 6.58 Å². The molecule has 2 fully saturated rings. The van der Waals surface area contributed by atoms with Crippen LogP contribution in [0.2, 0.25) is 0 Å². The minimum atomic E-state index is -1.36. The first-order chi connectivity index (χ1) is 18.3. The van der Waals surface area contributed by atoms with Gasteiger partial charge in [0.1, 0.15) is 18.3 Å². The Morgan fingerprint density at radius 2 is 1.46 bits per heavy atom. The van der Waals surface area contributed by atoms with Crippen LogP contribution in [0.15, 0.2) is 104 Å². The van der Waals surface area contributed by atoms with Crippen molar-refractivity contribution in [1.29, 1.82) is 0 Å². The van der Waals surface area contributed by atoms with Gasteiger partial charge in [-0.1, -0.05) is 97.1 Å². The van der Waals surface area contributed by atoms with E-state index in [0.717, 1.165) is 29.5 Å². The monoisotopic (exact) mass is 502 g/mol. The lowest BCUT2D eigenvalue weighted by atomic mass is 10.1. The summed E-state index contributed by atoms with van der Waals surface area (Å²) >= 11 is 0. The molecule has 2 aliphatic heterocycles. The van der Waals surface area contributed by atoms with E-state index in [9.17, 15) is 0 Å². The van der Waals surface area contributed by atoms with Crippen LogP contribution in [0.3, 0.4) is 0 Å². The van der Waals surface area contributed by atoms with Crippen LogP contribution in [0.4, 0.5) is 0 Å². The molecule has 2 aliphatic rings. The number of fused-ring (bicyclic) bond motifs is 1. The zero-order chi connectivity index (χ0) is 25.3. The molecule has 0 aromatic heterocycles. The summed E-state index contributed by atoms with van der Waals surface area (Å²) in [5, 5.41) is 0. The fourth-order valence-electron chi connectivity index (χ4n) is 4.60. The number of unbranched alkanes of at least 4 members (excludes halogenated alkanes) is 1. The van der Waals surface area contributed by atoms with Crippen LogP contribution >= 0.6 is 0 Å². The quantitative estimate of drug-likeness (QED) is 0.220. The van der Waals surface area contributed by atoms with Gasteiger partial charge in [0.2, 0.25) is 0 Å². The Labute approximate surface area is 218 Å². The van der Waals surface area contributed by atoms with Gasteiger partial charge in [0, 0.05) is 5.56 Å². The summed E-state index contributed by atoms with van der Waals surface area (Å²) in [6.07, 6.45) is 1.66. The fraction of sp³-hybridized carbons (Fsp3) is 0.355. The maximum atomic E-state index is 6.56. The molecule has 2 saturated heterocycles. The normalized spacial score (nSPS) is 26.7. The molecule has 6 heteroatoms. The van der Waals surface area contributed by atoms with Crippen LogP contribution < -0.4 is 0 Å². The molecule has 0 saturated carbocycles. The second kappa shape index (κ2) is 12.6. The van der Waals surface area contributed by atoms with Crippen LogP contribution in [0.5, 0.6) is 0 Å². The van der Waals surface area contributed by atoms with Crippen molar-refractivity contribution in [2.75, 3.05) is 13.2 Å². The molecule has 0 aliphatic carbocycles. The van der Waals surface area contributed by atoms with Gasteiger partial charge in [-0.2, -0.15) is 0 Å². The van der Waals surface area contributed by atoms with Gasteiger partial charge in [0.15, 0.2) is 6.29 Å². The van der Waals surface area contributed by atoms with E-state index in [0.29, 0.717) is 26.4 Å². The lowest BCUT2D eigenvalue weighted by Crippen LogP contribution is -2.40. The zero-order valence-corrected chi connectivity index (χ0v) is 20.9. The van der Waals surface area contributed by atoms with Gasteiger partial charge in [-0.3, -0.25) is 4.74 Å². The second-order valence-electron chi connectivity index (χ2n) is 9.21. The van der Waals surface area contributed by atoms with Crippen molar-refractivity contribution >= 4 is 0 Å². The second-order valence-corrected chi connectivity index (χ2v) is 9.21. The van der Waals surface area contributed by atoms with E-state index in [-0.39, 0.29) is 6.10 Å². The molecule has 37 heavy (non-hydrogen) atoms. The van der Waals surface area contributed by atoms with Crippen molar-refractivity contribution in [2.24, 2.45) is 0 Å². The maximum absolute atomic E-state index is 6.56. The molecule has 3 aromatic carbocycles. The van der Waals surface area contributed by atoms with E-state index >= 15 is 0 Å². The molecular weight excluding hydrogens is 468 g/mol. The highest BCUT2D eigenvalue weighted by Crippen LogP contribution is 2.45. The van der Waals surface area contributed by atoms with E-state index in [1.165, 1.54) is 0 Å². The van der Waals surface area contributed by atoms with Crippen molar-refractivity contribution in [2.45, 2.75) is 56.6 Å². The summed E-state index contributed by atoms with van der Waals surface area (Å²) in [6.45, 7) is 5.52. The van der Waals surface area contributed by atoms with Crippen LogP contribution in [0, 0.1) is 0 Å². The highest BCUT2D eigenvalue weighted by atomic mass is 16.9. The summed E-state index contributed by atoms with van der Waals surface area (Å²) in [5.74, 6) is -1.36. The lowest BCUT2D eigenvalue weighted by Gasteiger charge is -2.31. The van der Waals surface area contributed by atoms with E-state index in [2.05, 4.69) is 6.58 Å². The molecule has 0 spiro atoms. The van der Waals surface area contributed by atoms with E-state index in [1.807, 2.05) is 97.1 Å². The minimum Gasteiger partial charge on any atom is -0.374 e. The predicted octanol–water partition coefficient (Wildman–Crippen LogP) is 5.72. The Balaban J connectivity index is 1.31. The molecule has 2 heterocycles. The summed E-state index contributed by atoms with van der Waals surface area (Å²) < 4.78 is 38.0. The third-order valence-electron chi connectivity index (χ3n) is 6.48. The molecule has 1 unspecified atom stereocenters. The topological polar surface area (TPSA) is 55.4 Å². The number of rotatable bonds is 13. The van der Waals surface area contributed by atoms with E-state index < -0.39 is 24.5 Å². The summed E-state index contributed by atoms with van der Waals surface area (Å²) in [4.78, 5) is 0. The fourth-order valence-corrected chi connectivity index (χ4v) is 4.60. The molecule has 194 valence electrons. The molecule has 6 nitrogen and oxygen atoms in total. The molecular formula is C31H34O6. The Morgan fingerprint density at radius 3 is 2.14 bits per heavy atom. The largest absolute Gasteiger partial charge is 0.374 e. The van der Waals surface area contributed by atoms with Crippen LogP contribution in [0.1, 0.15) is 29.5 Å². The number of ether oxygens (including phenoxy) is 6. The minimum absolute atomic E-state index is 0.350. The number of benzene rings is 3. The van der Waals surface area contributed by atoms with Gasteiger partial charge < -0.3 is 23.7 Å². The third kappa shape index (κ3) is 6.36. The van der Waals surface area contributed by atoms with Gasteiger partial charge >= 0.3 is 5.97 Å². The van der Waals surface area contributed by atoms with E-state index in [4.69, 9.17) is 28.4 Å². The highest BCUT2D eigenvalue weighted by Gasteiger charge is 2.60. The maximum Gasteiger partial charge on any atom is 0.314 e. The predicted molar refractivity (Wildman–Crippen MR) is 139 cm³/mol. The van der Waals surface area contributed by atoms with Crippen molar-refractivity contribution in [3.63, 3.8) is 0 Å². The standard InChI is InChI=1S/C31H34O6/c1-2-3-13-20-34-31(26-18-11-6-12-19-26)36-29-28(33-22-25-16-9-5-10-17-25)27(35-30(29)37-31)23-32-21-24-14-7-4-8-15-24/h2,4-12,14-19,27-30H,1,3,13,20-23H2/t27-,28-,29+,30+,31?/m1/s1. The average Bonchev–Trinajstić information content (AvgIpc) is 3.46. The Morgan fingerprint density at radius 1 is 0.811 bits per heavy atom. The Kier molecular flexibility index (Phi) is 8.79.